The summed E-state index contributed by atoms with van der Waals surface area (Å²) < 4.78 is 7.84. The quantitative estimate of drug-likeness (QED) is 0.349. The first-order chi connectivity index (χ1) is 14.5. The lowest BCUT2D eigenvalue weighted by molar-refractivity contribution is -0.114. The van der Waals surface area contributed by atoms with Crippen molar-refractivity contribution < 1.29 is 9.53 Å². The predicted molar refractivity (Wildman–Crippen MR) is 120 cm³/mol. The first-order valence-electron chi connectivity index (χ1n) is 9.55. The number of anilines is 1. The summed E-state index contributed by atoms with van der Waals surface area (Å²) in [5.41, 5.74) is 1.67. The van der Waals surface area contributed by atoms with E-state index in [0.717, 1.165) is 35.2 Å². The van der Waals surface area contributed by atoms with Crippen molar-refractivity contribution in [3.05, 3.63) is 58.3 Å². The number of hydrogen-bond donors (Lipinski definition) is 1. The van der Waals surface area contributed by atoms with Crippen LogP contribution in [0.1, 0.15) is 31.5 Å². The topological polar surface area (TPSA) is 69.0 Å². The molecule has 4 rings (SSSR count). The molecule has 156 valence electrons. The van der Waals surface area contributed by atoms with Crippen molar-refractivity contribution >= 4 is 46.6 Å². The van der Waals surface area contributed by atoms with Crippen LogP contribution in [0.5, 0.6) is 5.75 Å². The molecule has 1 aromatic heterocycles. The number of ether oxygens (including phenoxy) is 1. The number of amides is 1. The fourth-order valence-electron chi connectivity index (χ4n) is 3.02. The molecule has 1 saturated carbocycles. The molecule has 1 heterocycles. The first-order valence-corrected chi connectivity index (χ1v) is 11.3. The molecule has 1 fully saturated rings. The second-order valence-corrected chi connectivity index (χ2v) is 8.86. The average Bonchev–Trinajstić information content (AvgIpc) is 3.47. The third-order valence-corrected chi connectivity index (χ3v) is 5.93. The van der Waals surface area contributed by atoms with E-state index in [4.69, 9.17) is 27.9 Å². The van der Waals surface area contributed by atoms with Crippen molar-refractivity contribution in [3.8, 4) is 11.4 Å². The molecule has 30 heavy (non-hydrogen) atoms. The van der Waals surface area contributed by atoms with E-state index in [9.17, 15) is 4.79 Å². The third kappa shape index (κ3) is 5.09. The number of rotatable bonds is 8. The number of nitrogens with one attached hydrogen (secondary N) is 1. The molecule has 0 unspecified atom stereocenters. The molecule has 0 radical (unpaired) electrons. The Kier molecular flexibility index (Phi) is 6.51. The number of benzene rings is 2. The zero-order valence-corrected chi connectivity index (χ0v) is 18.6. The second kappa shape index (κ2) is 9.29. The molecule has 1 aliphatic carbocycles. The Hall–Kier alpha value is -2.22. The zero-order chi connectivity index (χ0) is 21.1. The van der Waals surface area contributed by atoms with Gasteiger partial charge in [0.2, 0.25) is 5.91 Å². The summed E-state index contributed by atoms with van der Waals surface area (Å²) in [7, 11) is 0. The Morgan fingerprint density at radius 1 is 1.23 bits per heavy atom. The highest BCUT2D eigenvalue weighted by Gasteiger charge is 2.31. The van der Waals surface area contributed by atoms with Gasteiger partial charge in [-0.1, -0.05) is 41.0 Å². The summed E-state index contributed by atoms with van der Waals surface area (Å²) in [5, 5.41) is 13.6. The Labute approximate surface area is 188 Å². The summed E-state index contributed by atoms with van der Waals surface area (Å²) in [6.07, 6.45) is 2.23. The molecular formula is C21H20Cl2N4O2S. The molecule has 0 atom stereocenters. The standard InChI is InChI=1S/C21H20Cl2N4O2S/c1-13(28)24-16-3-2-4-17(12-16)27-20(14-5-6-14)25-26-21(27)30-10-9-29-19-11-15(22)7-8-18(19)23/h2-4,7-8,11-12,14H,5-6,9-10H2,1H3,(H,24,28). The van der Waals surface area contributed by atoms with Crippen LogP contribution in [0.25, 0.3) is 5.69 Å². The number of thioether (sulfide) groups is 1. The van der Waals surface area contributed by atoms with Crippen LogP contribution in [0.4, 0.5) is 5.69 Å². The molecule has 0 bridgehead atoms. The van der Waals surface area contributed by atoms with Gasteiger partial charge in [-0.25, -0.2) is 0 Å². The number of nitrogens with zero attached hydrogens (tertiary/aromatic N) is 3. The van der Waals surface area contributed by atoms with Gasteiger partial charge in [0.25, 0.3) is 0 Å². The fraction of sp³-hybridized carbons (Fsp3) is 0.286. The summed E-state index contributed by atoms with van der Waals surface area (Å²) in [6, 6.07) is 12.8. The molecule has 1 amide bonds. The van der Waals surface area contributed by atoms with Gasteiger partial charge < -0.3 is 10.1 Å². The minimum absolute atomic E-state index is 0.107. The van der Waals surface area contributed by atoms with Crippen LogP contribution >= 0.6 is 35.0 Å². The number of carbonyl (C=O) groups excluding carboxylic acids is 1. The van der Waals surface area contributed by atoms with Crippen molar-refractivity contribution in [1.82, 2.24) is 14.8 Å². The zero-order valence-electron chi connectivity index (χ0n) is 16.3. The van der Waals surface area contributed by atoms with E-state index < -0.39 is 0 Å². The van der Waals surface area contributed by atoms with E-state index >= 15 is 0 Å². The monoisotopic (exact) mass is 462 g/mol. The second-order valence-electron chi connectivity index (χ2n) is 6.95. The van der Waals surface area contributed by atoms with Crippen molar-refractivity contribution in [2.24, 2.45) is 0 Å². The first kappa shape index (κ1) is 21.0. The van der Waals surface area contributed by atoms with E-state index in [2.05, 4.69) is 20.1 Å². The SMILES string of the molecule is CC(=O)Nc1cccc(-n2c(SCCOc3cc(Cl)ccc3Cl)nnc2C2CC2)c1. The lowest BCUT2D eigenvalue weighted by atomic mass is 10.2. The van der Waals surface area contributed by atoms with Gasteiger partial charge in [-0.15, -0.1) is 10.2 Å². The summed E-state index contributed by atoms with van der Waals surface area (Å²) in [6.45, 7) is 1.94. The lowest BCUT2D eigenvalue weighted by Crippen LogP contribution is -2.08. The average molecular weight is 463 g/mol. The predicted octanol–water partition coefficient (Wildman–Crippen LogP) is 5.58. The number of carbonyl (C=O) groups is 1. The molecule has 2 aromatic carbocycles. The van der Waals surface area contributed by atoms with Gasteiger partial charge in [-0.3, -0.25) is 9.36 Å². The van der Waals surface area contributed by atoms with Crippen LogP contribution in [0.2, 0.25) is 10.0 Å². The van der Waals surface area contributed by atoms with Crippen molar-refractivity contribution in [2.75, 3.05) is 17.7 Å². The van der Waals surface area contributed by atoms with Crippen LogP contribution in [-0.4, -0.2) is 33.0 Å². The van der Waals surface area contributed by atoms with Gasteiger partial charge in [0.1, 0.15) is 11.6 Å². The van der Waals surface area contributed by atoms with Crippen molar-refractivity contribution in [1.29, 1.82) is 0 Å². The van der Waals surface area contributed by atoms with Crippen LogP contribution in [-0.2, 0) is 4.79 Å². The van der Waals surface area contributed by atoms with Crippen molar-refractivity contribution in [2.45, 2.75) is 30.8 Å². The maximum absolute atomic E-state index is 11.4. The smallest absolute Gasteiger partial charge is 0.221 e. The molecule has 0 saturated heterocycles. The lowest BCUT2D eigenvalue weighted by Gasteiger charge is -2.12. The van der Waals surface area contributed by atoms with Crippen LogP contribution in [0.3, 0.4) is 0 Å². The highest BCUT2D eigenvalue weighted by molar-refractivity contribution is 7.99. The van der Waals surface area contributed by atoms with Gasteiger partial charge in [-0.2, -0.15) is 0 Å². The normalized spacial score (nSPS) is 13.3. The van der Waals surface area contributed by atoms with Gasteiger partial charge in [0.05, 0.1) is 17.3 Å². The maximum Gasteiger partial charge on any atom is 0.221 e. The van der Waals surface area contributed by atoms with Gasteiger partial charge >= 0.3 is 0 Å². The molecule has 3 aromatic rings. The molecule has 0 spiro atoms. The summed E-state index contributed by atoms with van der Waals surface area (Å²) in [5.74, 6) is 2.50. The Balaban J connectivity index is 1.49. The van der Waals surface area contributed by atoms with Crippen LogP contribution in [0.15, 0.2) is 47.6 Å². The molecule has 1 aliphatic rings. The molecule has 1 N–H and O–H groups in total. The van der Waals surface area contributed by atoms with Crippen LogP contribution in [0, 0.1) is 0 Å². The van der Waals surface area contributed by atoms with E-state index in [1.54, 1.807) is 30.0 Å². The number of aromatic nitrogens is 3. The van der Waals surface area contributed by atoms with E-state index in [1.165, 1.54) is 6.92 Å². The number of halogens is 2. The summed E-state index contributed by atoms with van der Waals surface area (Å²) in [4.78, 5) is 11.4. The molecule has 9 heteroatoms. The van der Waals surface area contributed by atoms with Gasteiger partial charge in [0.15, 0.2) is 5.16 Å². The summed E-state index contributed by atoms with van der Waals surface area (Å²) >= 11 is 13.7. The Morgan fingerprint density at radius 2 is 2.07 bits per heavy atom. The minimum Gasteiger partial charge on any atom is -0.491 e. The molecule has 6 nitrogen and oxygen atoms in total. The fourth-order valence-corrected chi connectivity index (χ4v) is 4.13. The molecule has 0 aliphatic heterocycles. The van der Waals surface area contributed by atoms with Crippen molar-refractivity contribution in [3.63, 3.8) is 0 Å². The number of hydrogen-bond acceptors (Lipinski definition) is 5. The minimum atomic E-state index is -0.107. The van der Waals surface area contributed by atoms with E-state index in [0.29, 0.717) is 34.1 Å². The Morgan fingerprint density at radius 3 is 2.83 bits per heavy atom. The van der Waals surface area contributed by atoms with Gasteiger partial charge in [0, 0.05) is 35.4 Å². The van der Waals surface area contributed by atoms with E-state index in [1.807, 2.05) is 24.3 Å². The maximum atomic E-state index is 11.4. The third-order valence-electron chi connectivity index (χ3n) is 4.49. The Bertz CT molecular complexity index is 1070. The molecular weight excluding hydrogens is 443 g/mol. The van der Waals surface area contributed by atoms with Crippen LogP contribution < -0.4 is 10.1 Å². The highest BCUT2D eigenvalue weighted by atomic mass is 35.5. The van der Waals surface area contributed by atoms with Gasteiger partial charge in [-0.05, 0) is 43.2 Å². The largest absolute Gasteiger partial charge is 0.491 e. The van der Waals surface area contributed by atoms with E-state index in [-0.39, 0.29) is 5.91 Å². The highest BCUT2D eigenvalue weighted by Crippen LogP contribution is 2.41.